The number of amides is 2. The third kappa shape index (κ3) is 3.56. The van der Waals surface area contributed by atoms with E-state index < -0.39 is 6.29 Å². The highest BCUT2D eigenvalue weighted by molar-refractivity contribution is 7.12. The molecule has 2 aliphatic heterocycles. The highest BCUT2D eigenvalue weighted by Crippen LogP contribution is 2.31. The van der Waals surface area contributed by atoms with E-state index in [2.05, 4.69) is 46.4 Å². The van der Waals surface area contributed by atoms with E-state index in [1.54, 1.807) is 16.8 Å². The molecule has 3 aromatic rings. The van der Waals surface area contributed by atoms with Crippen LogP contribution < -0.4 is 26.4 Å². The van der Waals surface area contributed by atoms with Crippen LogP contribution in [0, 0.1) is 26.7 Å². The monoisotopic (exact) mass is 451 g/mol. The number of carbonyl (C=O) groups excluding carboxylic acids is 2. The van der Waals surface area contributed by atoms with Gasteiger partial charge in [0.2, 0.25) is 5.91 Å². The summed E-state index contributed by atoms with van der Waals surface area (Å²) in [5.74, 6) is -0.0168. The Balaban J connectivity index is 1.43. The van der Waals surface area contributed by atoms with E-state index in [9.17, 15) is 9.59 Å². The number of hydrazine groups is 1. The number of nitrogens with one attached hydrogen (secondary N) is 4. The number of nitrogens with zero attached hydrogens (tertiary/aromatic N) is 3. The molecule has 2 fully saturated rings. The van der Waals surface area contributed by atoms with Gasteiger partial charge in [0.1, 0.15) is 12.0 Å². The van der Waals surface area contributed by atoms with Crippen molar-refractivity contribution in [3.05, 3.63) is 63.5 Å². The standard InChI is InChI=1S/C22H25N7O2S/c1-12-6-4-7-16(14(12)3)28-19-15(11-23-28)20(30)26-22(25-19)29-18(10-13(2)27-29)24-21(31)17-8-5-9-32-17/h4-10,15,19,22-23,25H,11H2,1-3H3,(H,24,31)(H,26,30). The van der Waals surface area contributed by atoms with E-state index in [1.807, 2.05) is 35.5 Å². The third-order valence-corrected chi connectivity index (χ3v) is 6.88. The van der Waals surface area contributed by atoms with Gasteiger partial charge in [-0.15, -0.1) is 11.3 Å². The molecule has 3 atom stereocenters. The van der Waals surface area contributed by atoms with Gasteiger partial charge in [0, 0.05) is 12.6 Å². The predicted octanol–water partition coefficient (Wildman–Crippen LogP) is 2.26. The lowest BCUT2D eigenvalue weighted by Gasteiger charge is -2.38. The molecule has 1 aromatic carbocycles. The second kappa shape index (κ2) is 8.05. The minimum atomic E-state index is -0.608. The van der Waals surface area contributed by atoms with Crippen LogP contribution in [0.1, 0.15) is 32.8 Å². The first kappa shape index (κ1) is 20.7. The summed E-state index contributed by atoms with van der Waals surface area (Å²) in [5.41, 5.74) is 7.48. The molecule has 0 radical (unpaired) electrons. The summed E-state index contributed by atoms with van der Waals surface area (Å²) in [4.78, 5) is 26.2. The zero-order valence-corrected chi connectivity index (χ0v) is 18.9. The average Bonchev–Trinajstić information content (AvgIpc) is 3.50. The summed E-state index contributed by atoms with van der Waals surface area (Å²) < 4.78 is 1.62. The number of hydrogen-bond acceptors (Lipinski definition) is 7. The number of thiophene rings is 1. The first-order chi connectivity index (χ1) is 15.4. The summed E-state index contributed by atoms with van der Waals surface area (Å²) in [6.45, 7) is 6.54. The third-order valence-electron chi connectivity index (χ3n) is 6.01. The fourth-order valence-corrected chi connectivity index (χ4v) is 4.83. The van der Waals surface area contributed by atoms with E-state index in [0.717, 1.165) is 16.9 Å². The fourth-order valence-electron chi connectivity index (χ4n) is 4.21. The van der Waals surface area contributed by atoms with Gasteiger partial charge in [-0.3, -0.25) is 19.9 Å². The van der Waals surface area contributed by atoms with Gasteiger partial charge in [0.15, 0.2) is 6.29 Å². The molecular weight excluding hydrogens is 426 g/mol. The number of carbonyl (C=O) groups is 2. The van der Waals surface area contributed by atoms with Crippen LogP contribution in [0.15, 0.2) is 41.8 Å². The molecular formula is C22H25N7O2S. The molecule has 2 aliphatic rings. The smallest absolute Gasteiger partial charge is 0.266 e. The quantitative estimate of drug-likeness (QED) is 0.485. The molecule has 2 saturated heterocycles. The van der Waals surface area contributed by atoms with E-state index in [-0.39, 0.29) is 23.9 Å². The van der Waals surface area contributed by atoms with Gasteiger partial charge in [-0.05, 0) is 49.4 Å². The van der Waals surface area contributed by atoms with Crippen molar-refractivity contribution in [3.8, 4) is 0 Å². The highest BCUT2D eigenvalue weighted by Gasteiger charge is 2.45. The molecule has 4 heterocycles. The van der Waals surface area contributed by atoms with Gasteiger partial charge < -0.3 is 10.6 Å². The highest BCUT2D eigenvalue weighted by atomic mass is 32.1. The number of anilines is 2. The molecule has 9 nitrogen and oxygen atoms in total. The number of benzene rings is 1. The molecule has 2 aromatic heterocycles. The molecule has 0 spiro atoms. The normalized spacial score (nSPS) is 22.5. The van der Waals surface area contributed by atoms with E-state index in [0.29, 0.717) is 17.2 Å². The maximum atomic E-state index is 13.0. The van der Waals surface area contributed by atoms with Crippen molar-refractivity contribution in [2.75, 3.05) is 16.9 Å². The van der Waals surface area contributed by atoms with Gasteiger partial charge in [-0.25, -0.2) is 10.1 Å². The number of aromatic nitrogens is 2. The Bertz CT molecular complexity index is 1170. The predicted molar refractivity (Wildman–Crippen MR) is 123 cm³/mol. The van der Waals surface area contributed by atoms with Gasteiger partial charge in [-0.1, -0.05) is 18.2 Å². The SMILES string of the molecule is Cc1cc(NC(=O)c2cccs2)n(C2NC(=O)C3CNN(c4cccc(C)c4C)C3N2)n1. The van der Waals surface area contributed by atoms with Crippen molar-refractivity contribution in [2.45, 2.75) is 33.2 Å². The van der Waals surface area contributed by atoms with Crippen molar-refractivity contribution in [1.82, 2.24) is 25.8 Å². The maximum absolute atomic E-state index is 13.0. The number of rotatable bonds is 4. The number of hydrogen-bond donors (Lipinski definition) is 4. The summed E-state index contributed by atoms with van der Waals surface area (Å²) >= 11 is 1.37. The minimum Gasteiger partial charge on any atom is -0.321 e. The Labute approximate surface area is 189 Å². The minimum absolute atomic E-state index is 0.0669. The second-order valence-corrected chi connectivity index (χ2v) is 9.08. The van der Waals surface area contributed by atoms with Crippen LogP contribution >= 0.6 is 11.3 Å². The molecule has 32 heavy (non-hydrogen) atoms. The van der Waals surface area contributed by atoms with E-state index in [1.165, 1.54) is 16.9 Å². The van der Waals surface area contributed by atoms with E-state index in [4.69, 9.17) is 0 Å². The Hall–Kier alpha value is -3.21. The van der Waals surface area contributed by atoms with Crippen molar-refractivity contribution in [1.29, 1.82) is 0 Å². The van der Waals surface area contributed by atoms with Crippen molar-refractivity contribution in [2.24, 2.45) is 5.92 Å². The molecule has 5 rings (SSSR count). The van der Waals surface area contributed by atoms with Crippen LogP contribution in [-0.2, 0) is 4.79 Å². The molecule has 3 unspecified atom stereocenters. The molecule has 0 aliphatic carbocycles. The van der Waals surface area contributed by atoms with Crippen LogP contribution in [0.25, 0.3) is 0 Å². The van der Waals surface area contributed by atoms with Crippen LogP contribution in [0.3, 0.4) is 0 Å². The van der Waals surface area contributed by atoms with Crippen molar-refractivity contribution in [3.63, 3.8) is 0 Å². The van der Waals surface area contributed by atoms with E-state index >= 15 is 0 Å². The largest absolute Gasteiger partial charge is 0.321 e. The first-order valence-corrected chi connectivity index (χ1v) is 11.4. The molecule has 4 N–H and O–H groups in total. The Morgan fingerprint density at radius 2 is 2.06 bits per heavy atom. The van der Waals surface area contributed by atoms with Gasteiger partial charge >= 0.3 is 0 Å². The Kier molecular flexibility index (Phi) is 5.20. The summed E-state index contributed by atoms with van der Waals surface area (Å²) in [5, 5.41) is 17.8. The maximum Gasteiger partial charge on any atom is 0.266 e. The Morgan fingerprint density at radius 3 is 2.84 bits per heavy atom. The average molecular weight is 452 g/mol. The topological polar surface area (TPSA) is 103 Å². The molecule has 10 heteroatoms. The lowest BCUT2D eigenvalue weighted by atomic mass is 10.0. The summed E-state index contributed by atoms with van der Waals surface area (Å²) in [6.07, 6.45) is -0.872. The van der Waals surface area contributed by atoms with Crippen LogP contribution in [0.2, 0.25) is 0 Å². The fraction of sp³-hybridized carbons (Fsp3) is 0.318. The van der Waals surface area contributed by atoms with Crippen LogP contribution in [0.4, 0.5) is 11.5 Å². The number of aryl methyl sites for hydroxylation is 2. The molecule has 166 valence electrons. The lowest BCUT2D eigenvalue weighted by molar-refractivity contribution is -0.129. The second-order valence-electron chi connectivity index (χ2n) is 8.13. The molecule has 0 bridgehead atoms. The zero-order valence-electron chi connectivity index (χ0n) is 18.0. The summed E-state index contributed by atoms with van der Waals surface area (Å²) in [7, 11) is 0. The van der Waals surface area contributed by atoms with Gasteiger partial charge in [0.05, 0.1) is 22.2 Å². The van der Waals surface area contributed by atoms with Crippen molar-refractivity contribution >= 4 is 34.7 Å². The zero-order chi connectivity index (χ0) is 22.4. The molecule has 2 amide bonds. The van der Waals surface area contributed by atoms with Crippen LogP contribution in [0.5, 0.6) is 0 Å². The van der Waals surface area contributed by atoms with Gasteiger partial charge in [0.25, 0.3) is 5.91 Å². The molecule has 0 saturated carbocycles. The number of fused-ring (bicyclic) bond motifs is 1. The summed E-state index contributed by atoms with van der Waals surface area (Å²) in [6, 6.07) is 11.5. The lowest BCUT2D eigenvalue weighted by Crippen LogP contribution is -2.62. The van der Waals surface area contributed by atoms with Gasteiger partial charge in [-0.2, -0.15) is 5.10 Å². The van der Waals surface area contributed by atoms with Crippen LogP contribution in [-0.4, -0.2) is 34.3 Å². The Morgan fingerprint density at radius 1 is 1.22 bits per heavy atom. The van der Waals surface area contributed by atoms with Crippen molar-refractivity contribution < 1.29 is 9.59 Å². The first-order valence-electron chi connectivity index (χ1n) is 10.5.